The van der Waals surface area contributed by atoms with Gasteiger partial charge in [-0.3, -0.25) is 9.48 Å². The second-order valence-corrected chi connectivity index (χ2v) is 5.72. The SMILES string of the molecule is CCNC(=O)Cn1nc(-c2cc(OC)ccc2O)cc1C1CC1. The van der Waals surface area contributed by atoms with Crippen LogP contribution in [0.4, 0.5) is 0 Å². The number of likely N-dealkylation sites (N-methyl/N-ethyl adjacent to an activating group) is 1. The molecule has 1 amide bonds. The lowest BCUT2D eigenvalue weighted by Crippen LogP contribution is -2.28. The number of aromatic hydroxyl groups is 1. The molecule has 1 aliphatic rings. The molecule has 1 aromatic heterocycles. The Morgan fingerprint density at radius 2 is 2.22 bits per heavy atom. The maximum absolute atomic E-state index is 11.9. The molecular weight excluding hydrogens is 294 g/mol. The van der Waals surface area contributed by atoms with Gasteiger partial charge < -0.3 is 15.2 Å². The summed E-state index contributed by atoms with van der Waals surface area (Å²) in [6, 6.07) is 7.01. The first kappa shape index (κ1) is 15.4. The number of rotatable bonds is 6. The Hall–Kier alpha value is -2.50. The van der Waals surface area contributed by atoms with Crippen LogP contribution in [-0.4, -0.2) is 34.4 Å². The summed E-state index contributed by atoms with van der Waals surface area (Å²) >= 11 is 0. The molecule has 6 heteroatoms. The molecule has 6 nitrogen and oxygen atoms in total. The van der Waals surface area contributed by atoms with Gasteiger partial charge in [-0.15, -0.1) is 0 Å². The normalized spacial score (nSPS) is 13.8. The average molecular weight is 315 g/mol. The molecule has 2 N–H and O–H groups in total. The molecule has 0 saturated heterocycles. The zero-order chi connectivity index (χ0) is 16.4. The predicted octanol–water partition coefficient (Wildman–Crippen LogP) is 2.28. The van der Waals surface area contributed by atoms with E-state index in [1.165, 1.54) is 0 Å². The zero-order valence-electron chi connectivity index (χ0n) is 13.4. The highest BCUT2D eigenvalue weighted by Gasteiger charge is 2.29. The summed E-state index contributed by atoms with van der Waals surface area (Å²) < 4.78 is 6.96. The number of aromatic nitrogens is 2. The third-order valence-electron chi connectivity index (χ3n) is 3.95. The highest BCUT2D eigenvalue weighted by Crippen LogP contribution is 2.42. The predicted molar refractivity (Wildman–Crippen MR) is 86.5 cm³/mol. The Balaban J connectivity index is 1.96. The van der Waals surface area contributed by atoms with E-state index >= 15 is 0 Å². The van der Waals surface area contributed by atoms with Gasteiger partial charge in [-0.2, -0.15) is 5.10 Å². The van der Waals surface area contributed by atoms with Crippen LogP contribution >= 0.6 is 0 Å². The minimum absolute atomic E-state index is 0.0566. The summed E-state index contributed by atoms with van der Waals surface area (Å²) in [4.78, 5) is 11.9. The summed E-state index contributed by atoms with van der Waals surface area (Å²) in [6.07, 6.45) is 2.23. The Morgan fingerprint density at radius 3 is 2.87 bits per heavy atom. The molecule has 0 spiro atoms. The summed E-state index contributed by atoms with van der Waals surface area (Å²) in [5.41, 5.74) is 2.32. The van der Waals surface area contributed by atoms with Crippen LogP contribution in [0.5, 0.6) is 11.5 Å². The van der Waals surface area contributed by atoms with E-state index < -0.39 is 0 Å². The van der Waals surface area contributed by atoms with Crippen molar-refractivity contribution in [3.8, 4) is 22.8 Å². The fourth-order valence-corrected chi connectivity index (χ4v) is 2.63. The Kier molecular flexibility index (Phi) is 4.23. The number of nitrogens with zero attached hydrogens (tertiary/aromatic N) is 2. The van der Waals surface area contributed by atoms with Gasteiger partial charge in [-0.25, -0.2) is 0 Å². The van der Waals surface area contributed by atoms with E-state index in [0.29, 0.717) is 29.5 Å². The number of amides is 1. The Labute approximate surface area is 135 Å². The molecule has 1 heterocycles. The third-order valence-corrected chi connectivity index (χ3v) is 3.95. The van der Waals surface area contributed by atoms with Gasteiger partial charge in [0.25, 0.3) is 0 Å². The number of hydrogen-bond donors (Lipinski definition) is 2. The fraction of sp³-hybridized carbons (Fsp3) is 0.412. The third kappa shape index (κ3) is 3.31. The van der Waals surface area contributed by atoms with Crippen LogP contribution in [-0.2, 0) is 11.3 Å². The van der Waals surface area contributed by atoms with Gasteiger partial charge in [0.05, 0.1) is 12.8 Å². The van der Waals surface area contributed by atoms with Crippen molar-refractivity contribution in [1.82, 2.24) is 15.1 Å². The summed E-state index contributed by atoms with van der Waals surface area (Å²) in [5.74, 6) is 1.21. The van der Waals surface area contributed by atoms with Crippen molar-refractivity contribution in [3.63, 3.8) is 0 Å². The van der Waals surface area contributed by atoms with Gasteiger partial charge in [0.1, 0.15) is 18.0 Å². The molecule has 1 aliphatic carbocycles. The maximum Gasteiger partial charge on any atom is 0.241 e. The lowest BCUT2D eigenvalue weighted by atomic mass is 10.1. The first-order valence-electron chi connectivity index (χ1n) is 7.84. The molecule has 0 unspecified atom stereocenters. The molecule has 1 saturated carbocycles. The number of hydrogen-bond acceptors (Lipinski definition) is 4. The van der Waals surface area contributed by atoms with E-state index in [2.05, 4.69) is 10.4 Å². The molecule has 0 atom stereocenters. The van der Waals surface area contributed by atoms with Crippen molar-refractivity contribution in [2.75, 3.05) is 13.7 Å². The van der Waals surface area contributed by atoms with E-state index in [9.17, 15) is 9.90 Å². The van der Waals surface area contributed by atoms with Crippen LogP contribution in [0.25, 0.3) is 11.3 Å². The smallest absolute Gasteiger partial charge is 0.241 e. The number of methoxy groups -OCH3 is 1. The van der Waals surface area contributed by atoms with E-state index in [0.717, 1.165) is 18.5 Å². The number of phenols is 1. The van der Waals surface area contributed by atoms with E-state index in [4.69, 9.17) is 4.74 Å². The second kappa shape index (κ2) is 6.32. The van der Waals surface area contributed by atoms with Gasteiger partial charge in [-0.1, -0.05) is 0 Å². The molecule has 23 heavy (non-hydrogen) atoms. The van der Waals surface area contributed by atoms with Crippen molar-refractivity contribution in [2.45, 2.75) is 32.2 Å². The van der Waals surface area contributed by atoms with Crippen LogP contribution in [0.15, 0.2) is 24.3 Å². The number of phenolic OH excluding ortho intramolecular Hbond substituents is 1. The van der Waals surface area contributed by atoms with E-state index in [1.807, 2.05) is 13.0 Å². The lowest BCUT2D eigenvalue weighted by Gasteiger charge is -2.06. The molecule has 0 radical (unpaired) electrons. The Bertz CT molecular complexity index is 720. The minimum Gasteiger partial charge on any atom is -0.507 e. The quantitative estimate of drug-likeness (QED) is 0.857. The molecular formula is C17H21N3O3. The largest absolute Gasteiger partial charge is 0.507 e. The summed E-state index contributed by atoms with van der Waals surface area (Å²) in [7, 11) is 1.58. The van der Waals surface area contributed by atoms with Gasteiger partial charge in [0, 0.05) is 23.7 Å². The molecule has 122 valence electrons. The van der Waals surface area contributed by atoms with Crippen molar-refractivity contribution in [1.29, 1.82) is 0 Å². The highest BCUT2D eigenvalue weighted by molar-refractivity contribution is 5.76. The standard InChI is InChI=1S/C17H21N3O3/c1-3-18-17(22)10-20-15(11-4-5-11)9-14(19-20)13-8-12(23-2)6-7-16(13)21/h6-9,11,21H,3-5,10H2,1-2H3,(H,18,22). The van der Waals surface area contributed by atoms with E-state index in [1.54, 1.807) is 30.0 Å². The van der Waals surface area contributed by atoms with E-state index in [-0.39, 0.29) is 18.2 Å². The van der Waals surface area contributed by atoms with Crippen LogP contribution in [0.2, 0.25) is 0 Å². The minimum atomic E-state index is -0.0566. The van der Waals surface area contributed by atoms with Gasteiger partial charge in [-0.05, 0) is 44.0 Å². The molecule has 3 rings (SSSR count). The van der Waals surface area contributed by atoms with Crippen molar-refractivity contribution in [2.24, 2.45) is 0 Å². The van der Waals surface area contributed by atoms with Crippen LogP contribution < -0.4 is 10.1 Å². The van der Waals surface area contributed by atoms with Gasteiger partial charge >= 0.3 is 0 Å². The number of ether oxygens (including phenoxy) is 1. The molecule has 0 bridgehead atoms. The summed E-state index contributed by atoms with van der Waals surface area (Å²) in [6.45, 7) is 2.69. The number of carbonyl (C=O) groups is 1. The first-order valence-corrected chi connectivity index (χ1v) is 7.84. The first-order chi connectivity index (χ1) is 11.1. The summed E-state index contributed by atoms with van der Waals surface area (Å²) in [5, 5.41) is 17.5. The number of benzene rings is 1. The Morgan fingerprint density at radius 1 is 1.43 bits per heavy atom. The average Bonchev–Trinajstić information content (AvgIpc) is 3.30. The second-order valence-electron chi connectivity index (χ2n) is 5.72. The van der Waals surface area contributed by atoms with Gasteiger partial charge in [0.15, 0.2) is 0 Å². The molecule has 2 aromatic rings. The van der Waals surface area contributed by atoms with Crippen LogP contribution in [0, 0.1) is 0 Å². The van der Waals surface area contributed by atoms with Crippen molar-refractivity contribution >= 4 is 5.91 Å². The zero-order valence-corrected chi connectivity index (χ0v) is 13.4. The van der Waals surface area contributed by atoms with Crippen molar-refractivity contribution < 1.29 is 14.6 Å². The van der Waals surface area contributed by atoms with Crippen LogP contribution in [0.1, 0.15) is 31.4 Å². The highest BCUT2D eigenvalue weighted by atomic mass is 16.5. The number of carbonyl (C=O) groups excluding carboxylic acids is 1. The topological polar surface area (TPSA) is 76.4 Å². The van der Waals surface area contributed by atoms with Gasteiger partial charge in [0.2, 0.25) is 5.91 Å². The lowest BCUT2D eigenvalue weighted by molar-refractivity contribution is -0.121. The maximum atomic E-state index is 11.9. The molecule has 0 aliphatic heterocycles. The monoisotopic (exact) mass is 315 g/mol. The van der Waals surface area contributed by atoms with Crippen molar-refractivity contribution in [3.05, 3.63) is 30.0 Å². The molecule has 1 aromatic carbocycles. The number of nitrogens with one attached hydrogen (secondary N) is 1. The molecule has 1 fully saturated rings. The van der Waals surface area contributed by atoms with Crippen LogP contribution in [0.3, 0.4) is 0 Å². The fourth-order valence-electron chi connectivity index (χ4n) is 2.63.